The van der Waals surface area contributed by atoms with Crippen molar-refractivity contribution in [3.8, 4) is 0 Å². The predicted octanol–water partition coefficient (Wildman–Crippen LogP) is 2.50. The van der Waals surface area contributed by atoms with E-state index in [1.165, 1.54) is 25.1 Å². The van der Waals surface area contributed by atoms with Crippen LogP contribution in [0.1, 0.15) is 0 Å². The van der Waals surface area contributed by atoms with Gasteiger partial charge in [0, 0.05) is 11.0 Å². The number of hydrogen-bond donors (Lipinski definition) is 2. The molecule has 0 aliphatic rings. The van der Waals surface area contributed by atoms with Gasteiger partial charge in [-0.2, -0.15) is 0 Å². The minimum Gasteiger partial charge on any atom is -0.339 e. The monoisotopic (exact) mass is 344 g/mol. The highest BCUT2D eigenvalue weighted by Gasteiger charge is 2.14. The number of nitrogens with one attached hydrogen (secondary N) is 2. The summed E-state index contributed by atoms with van der Waals surface area (Å²) in [4.78, 5) is 8.90. The Morgan fingerprint density at radius 2 is 2.00 bits per heavy atom. The van der Waals surface area contributed by atoms with Crippen LogP contribution in [0.5, 0.6) is 0 Å². The molecular formula is C12H13ClN4O2S2. The molecule has 0 radical (unpaired) electrons. The Morgan fingerprint density at radius 1 is 1.24 bits per heavy atom. The maximum absolute atomic E-state index is 11.9. The van der Waals surface area contributed by atoms with Gasteiger partial charge < -0.3 is 5.32 Å². The molecule has 1 heterocycles. The molecule has 2 N–H and O–H groups in total. The molecule has 9 heteroatoms. The zero-order valence-electron chi connectivity index (χ0n) is 11.3. The third kappa shape index (κ3) is 3.85. The van der Waals surface area contributed by atoms with E-state index in [1.807, 2.05) is 6.26 Å². The maximum Gasteiger partial charge on any atom is 0.240 e. The molecule has 21 heavy (non-hydrogen) atoms. The molecule has 0 unspecified atom stereocenters. The number of thioether (sulfide) groups is 1. The second-order valence-electron chi connectivity index (χ2n) is 3.92. The fraction of sp³-hybridized carbons (Fsp3) is 0.167. The van der Waals surface area contributed by atoms with Crippen LogP contribution >= 0.6 is 23.4 Å². The van der Waals surface area contributed by atoms with Gasteiger partial charge in [0.15, 0.2) is 0 Å². The number of anilines is 2. The van der Waals surface area contributed by atoms with Crippen molar-refractivity contribution in [2.24, 2.45) is 0 Å². The molecule has 2 rings (SSSR count). The average Bonchev–Trinajstić information content (AvgIpc) is 2.47. The van der Waals surface area contributed by atoms with E-state index >= 15 is 0 Å². The van der Waals surface area contributed by atoms with Crippen molar-refractivity contribution in [1.82, 2.24) is 14.7 Å². The van der Waals surface area contributed by atoms with Crippen LogP contribution in [0.15, 0.2) is 40.4 Å². The number of sulfonamides is 1. The fourth-order valence-electron chi connectivity index (χ4n) is 1.61. The van der Waals surface area contributed by atoms with Crippen LogP contribution in [0.2, 0.25) is 5.15 Å². The van der Waals surface area contributed by atoms with Gasteiger partial charge in [-0.25, -0.2) is 23.1 Å². The van der Waals surface area contributed by atoms with E-state index in [1.54, 1.807) is 24.3 Å². The van der Waals surface area contributed by atoms with E-state index in [0.717, 1.165) is 4.90 Å². The molecule has 0 atom stereocenters. The second kappa shape index (κ2) is 6.61. The van der Waals surface area contributed by atoms with E-state index < -0.39 is 10.0 Å². The topological polar surface area (TPSA) is 84.0 Å². The number of rotatable bonds is 5. The van der Waals surface area contributed by atoms with Gasteiger partial charge >= 0.3 is 0 Å². The van der Waals surface area contributed by atoms with E-state index in [0.29, 0.717) is 16.7 Å². The summed E-state index contributed by atoms with van der Waals surface area (Å²) >= 11 is 7.30. The number of hydrogen-bond acceptors (Lipinski definition) is 6. The van der Waals surface area contributed by atoms with Gasteiger partial charge in [-0.1, -0.05) is 11.6 Å². The highest BCUT2D eigenvalue weighted by atomic mass is 35.5. The molecule has 0 aliphatic carbocycles. The minimum absolute atomic E-state index is 0.172. The summed E-state index contributed by atoms with van der Waals surface area (Å²) in [5, 5.41) is 3.36. The standard InChI is InChI=1S/C12H13ClN4O2S2/c1-14-21(18,19)8-3-4-10(20-2)9(5-8)17-12-6-11(13)15-7-16-12/h3-7,14H,1-2H3,(H,15,16,17). The lowest BCUT2D eigenvalue weighted by molar-refractivity contribution is 0.588. The van der Waals surface area contributed by atoms with Crippen molar-refractivity contribution in [2.75, 3.05) is 18.6 Å². The van der Waals surface area contributed by atoms with Crippen LogP contribution in [0.3, 0.4) is 0 Å². The zero-order valence-corrected chi connectivity index (χ0v) is 13.7. The zero-order chi connectivity index (χ0) is 15.5. The quantitative estimate of drug-likeness (QED) is 0.640. The Morgan fingerprint density at radius 3 is 2.62 bits per heavy atom. The smallest absolute Gasteiger partial charge is 0.240 e. The van der Waals surface area contributed by atoms with Crippen molar-refractivity contribution in [1.29, 1.82) is 0 Å². The summed E-state index contributed by atoms with van der Waals surface area (Å²) in [6.45, 7) is 0. The molecule has 0 saturated carbocycles. The van der Waals surface area contributed by atoms with Crippen LogP contribution in [-0.4, -0.2) is 31.7 Å². The third-order valence-electron chi connectivity index (χ3n) is 2.65. The van der Waals surface area contributed by atoms with Gasteiger partial charge in [-0.05, 0) is 31.5 Å². The summed E-state index contributed by atoms with van der Waals surface area (Å²) in [5.74, 6) is 0.490. The van der Waals surface area contributed by atoms with E-state index in [4.69, 9.17) is 11.6 Å². The molecule has 2 aromatic rings. The van der Waals surface area contributed by atoms with Gasteiger partial charge in [-0.15, -0.1) is 11.8 Å². The van der Waals surface area contributed by atoms with Crippen LogP contribution in [0.4, 0.5) is 11.5 Å². The molecule has 0 saturated heterocycles. The Balaban J connectivity index is 2.43. The van der Waals surface area contributed by atoms with Gasteiger partial charge in [0.25, 0.3) is 0 Å². The average molecular weight is 345 g/mol. The normalized spacial score (nSPS) is 11.4. The molecule has 1 aromatic heterocycles. The van der Waals surface area contributed by atoms with Crippen LogP contribution in [-0.2, 0) is 10.0 Å². The van der Waals surface area contributed by atoms with E-state index in [9.17, 15) is 8.42 Å². The predicted molar refractivity (Wildman–Crippen MR) is 84.8 cm³/mol. The molecule has 1 aromatic carbocycles. The highest BCUT2D eigenvalue weighted by Crippen LogP contribution is 2.30. The highest BCUT2D eigenvalue weighted by molar-refractivity contribution is 7.98. The fourth-order valence-corrected chi connectivity index (χ4v) is 3.05. The largest absolute Gasteiger partial charge is 0.339 e. The van der Waals surface area contributed by atoms with E-state index in [2.05, 4.69) is 20.0 Å². The molecule has 6 nitrogen and oxygen atoms in total. The van der Waals surface area contributed by atoms with Crippen molar-refractivity contribution in [3.05, 3.63) is 35.7 Å². The van der Waals surface area contributed by atoms with Crippen molar-refractivity contribution in [2.45, 2.75) is 9.79 Å². The first-order valence-electron chi connectivity index (χ1n) is 5.82. The number of benzene rings is 1. The van der Waals surface area contributed by atoms with Gasteiger partial charge in [0.2, 0.25) is 10.0 Å². The Labute approximate surface area is 132 Å². The summed E-state index contributed by atoms with van der Waals surface area (Å²) in [5.41, 5.74) is 0.633. The summed E-state index contributed by atoms with van der Waals surface area (Å²) in [7, 11) is -2.13. The van der Waals surface area contributed by atoms with Crippen molar-refractivity contribution < 1.29 is 8.42 Å². The summed E-state index contributed by atoms with van der Waals surface area (Å²) in [6.07, 6.45) is 3.23. The number of halogens is 1. The SMILES string of the molecule is CNS(=O)(=O)c1ccc(SC)c(Nc2cc(Cl)ncn2)c1. The van der Waals surface area contributed by atoms with Crippen LogP contribution in [0.25, 0.3) is 0 Å². The van der Waals surface area contributed by atoms with Gasteiger partial charge in [0.1, 0.15) is 17.3 Å². The lowest BCUT2D eigenvalue weighted by atomic mass is 10.3. The van der Waals surface area contributed by atoms with Gasteiger partial charge in [0.05, 0.1) is 10.6 Å². The Kier molecular flexibility index (Phi) is 5.04. The maximum atomic E-state index is 11.9. The Bertz CT molecular complexity index is 753. The van der Waals surface area contributed by atoms with E-state index in [-0.39, 0.29) is 4.90 Å². The van der Waals surface area contributed by atoms with Crippen molar-refractivity contribution in [3.63, 3.8) is 0 Å². The van der Waals surface area contributed by atoms with Gasteiger partial charge in [-0.3, -0.25) is 0 Å². The van der Waals surface area contributed by atoms with Crippen molar-refractivity contribution >= 4 is 44.9 Å². The molecule has 112 valence electrons. The number of aromatic nitrogens is 2. The first kappa shape index (κ1) is 16.0. The van der Waals surface area contributed by atoms with Crippen LogP contribution in [0, 0.1) is 0 Å². The molecule has 0 amide bonds. The molecular weight excluding hydrogens is 332 g/mol. The lowest BCUT2D eigenvalue weighted by Crippen LogP contribution is -2.18. The third-order valence-corrected chi connectivity index (χ3v) is 5.06. The Hall–Kier alpha value is -1.35. The first-order valence-corrected chi connectivity index (χ1v) is 8.91. The summed E-state index contributed by atoms with van der Waals surface area (Å²) in [6, 6.07) is 6.40. The first-order chi connectivity index (χ1) is 9.96. The minimum atomic E-state index is -3.50. The van der Waals surface area contributed by atoms with Crippen LogP contribution < -0.4 is 10.0 Å². The molecule has 0 aliphatic heterocycles. The summed E-state index contributed by atoms with van der Waals surface area (Å²) < 4.78 is 26.0. The lowest BCUT2D eigenvalue weighted by Gasteiger charge is -2.12. The number of nitrogens with zero attached hydrogens (tertiary/aromatic N) is 2. The molecule has 0 fully saturated rings. The molecule has 0 bridgehead atoms. The molecule has 0 spiro atoms. The second-order valence-corrected chi connectivity index (χ2v) is 7.04.